The molecule has 5 nitrogen and oxygen atoms in total. The van der Waals surface area contributed by atoms with E-state index in [9.17, 15) is 4.79 Å². The van der Waals surface area contributed by atoms with Gasteiger partial charge in [-0.15, -0.1) is 0 Å². The van der Waals surface area contributed by atoms with Gasteiger partial charge in [0.1, 0.15) is 16.8 Å². The second-order valence-electron chi connectivity index (χ2n) is 5.53. The summed E-state index contributed by atoms with van der Waals surface area (Å²) in [6.07, 6.45) is 0.104. The number of benzene rings is 2. The van der Waals surface area contributed by atoms with Gasteiger partial charge < -0.3 is 10.1 Å². The summed E-state index contributed by atoms with van der Waals surface area (Å²) in [6.45, 7) is 5.87. The summed E-state index contributed by atoms with van der Waals surface area (Å²) >= 11 is 1.14. The van der Waals surface area contributed by atoms with Crippen molar-refractivity contribution in [3.8, 4) is 5.75 Å². The van der Waals surface area contributed by atoms with Crippen molar-refractivity contribution in [2.24, 2.45) is 0 Å². The lowest BCUT2D eigenvalue weighted by Crippen LogP contribution is -2.13. The predicted octanol–water partition coefficient (Wildman–Crippen LogP) is 4.04. The molecule has 2 aromatic carbocycles. The molecule has 118 valence electrons. The van der Waals surface area contributed by atoms with Crippen LogP contribution in [0.4, 0.5) is 5.69 Å². The number of nitrogens with zero attached hydrogens (tertiary/aromatic N) is 2. The quantitative estimate of drug-likeness (QED) is 0.785. The number of amides is 1. The van der Waals surface area contributed by atoms with Gasteiger partial charge in [0.25, 0.3) is 5.91 Å². The Morgan fingerprint density at radius 1 is 1.13 bits per heavy atom. The number of hydrogen-bond acceptors (Lipinski definition) is 5. The fourth-order valence-electron chi connectivity index (χ4n) is 2.25. The zero-order valence-electron chi connectivity index (χ0n) is 13.2. The second kappa shape index (κ2) is 6.34. The molecule has 0 fully saturated rings. The molecule has 3 aromatic rings. The molecular formula is C17H17N3O2S. The van der Waals surface area contributed by atoms with E-state index in [4.69, 9.17) is 4.74 Å². The van der Waals surface area contributed by atoms with Crippen LogP contribution < -0.4 is 10.1 Å². The number of hydrogen-bond donors (Lipinski definition) is 1. The van der Waals surface area contributed by atoms with E-state index in [1.807, 2.05) is 32.9 Å². The zero-order valence-corrected chi connectivity index (χ0v) is 14.0. The van der Waals surface area contributed by atoms with Gasteiger partial charge in [-0.2, -0.15) is 8.75 Å². The molecule has 6 heteroatoms. The Hall–Kier alpha value is -2.47. The summed E-state index contributed by atoms with van der Waals surface area (Å²) in [5.74, 6) is 0.572. The van der Waals surface area contributed by atoms with Crippen molar-refractivity contribution in [1.82, 2.24) is 8.75 Å². The molecule has 0 aliphatic carbocycles. The van der Waals surface area contributed by atoms with Crippen LogP contribution in [-0.4, -0.2) is 20.8 Å². The van der Waals surface area contributed by atoms with Crippen molar-refractivity contribution in [2.75, 3.05) is 5.32 Å². The summed E-state index contributed by atoms with van der Waals surface area (Å²) in [6, 6.07) is 10.9. The molecule has 1 heterocycles. The van der Waals surface area contributed by atoms with Crippen LogP contribution in [0.1, 0.15) is 29.8 Å². The molecule has 3 rings (SSSR count). The first-order valence-electron chi connectivity index (χ1n) is 7.34. The lowest BCUT2D eigenvalue weighted by atomic mass is 10.1. The maximum absolute atomic E-state index is 12.5. The molecule has 0 aliphatic heterocycles. The van der Waals surface area contributed by atoms with Crippen molar-refractivity contribution in [2.45, 2.75) is 26.9 Å². The summed E-state index contributed by atoms with van der Waals surface area (Å²) in [4.78, 5) is 12.5. The van der Waals surface area contributed by atoms with Crippen molar-refractivity contribution < 1.29 is 9.53 Å². The highest BCUT2D eigenvalue weighted by Gasteiger charge is 2.13. The minimum atomic E-state index is -0.176. The number of fused-ring (bicyclic) bond motifs is 1. The van der Waals surface area contributed by atoms with Gasteiger partial charge in [-0.05, 0) is 56.7 Å². The van der Waals surface area contributed by atoms with Gasteiger partial charge in [0.05, 0.1) is 23.5 Å². The summed E-state index contributed by atoms with van der Waals surface area (Å²) < 4.78 is 14.1. The third-order valence-corrected chi connectivity index (χ3v) is 3.91. The number of carbonyl (C=O) groups is 1. The van der Waals surface area contributed by atoms with Crippen LogP contribution >= 0.6 is 11.7 Å². The number of ether oxygens (including phenoxy) is 1. The first kappa shape index (κ1) is 15.4. The molecule has 0 spiro atoms. The Balaban J connectivity index is 1.83. The highest BCUT2D eigenvalue weighted by molar-refractivity contribution is 7.00. The lowest BCUT2D eigenvalue weighted by Gasteiger charge is -2.11. The molecule has 0 atom stereocenters. The smallest absolute Gasteiger partial charge is 0.255 e. The third-order valence-electron chi connectivity index (χ3n) is 3.36. The molecule has 1 N–H and O–H groups in total. The number of anilines is 1. The molecule has 0 saturated carbocycles. The number of rotatable bonds is 4. The van der Waals surface area contributed by atoms with Gasteiger partial charge in [-0.25, -0.2) is 0 Å². The molecule has 1 amide bonds. The van der Waals surface area contributed by atoms with E-state index in [2.05, 4.69) is 14.1 Å². The molecule has 0 saturated heterocycles. The van der Waals surface area contributed by atoms with Crippen molar-refractivity contribution in [3.63, 3.8) is 0 Å². The van der Waals surface area contributed by atoms with Crippen LogP contribution in [-0.2, 0) is 0 Å². The van der Waals surface area contributed by atoms with E-state index < -0.39 is 0 Å². The Labute approximate surface area is 138 Å². The van der Waals surface area contributed by atoms with Crippen LogP contribution in [0.5, 0.6) is 5.75 Å². The molecule has 0 aliphatic rings. The van der Waals surface area contributed by atoms with Gasteiger partial charge in [0.2, 0.25) is 0 Å². The Kier molecular flexibility index (Phi) is 4.25. The minimum Gasteiger partial charge on any atom is -0.491 e. The maximum atomic E-state index is 12.5. The van der Waals surface area contributed by atoms with Crippen LogP contribution in [0.2, 0.25) is 0 Å². The van der Waals surface area contributed by atoms with Gasteiger partial charge >= 0.3 is 0 Å². The highest BCUT2D eigenvalue weighted by Crippen LogP contribution is 2.26. The molecule has 0 unspecified atom stereocenters. The minimum absolute atomic E-state index is 0.104. The van der Waals surface area contributed by atoms with Gasteiger partial charge in [-0.3, -0.25) is 4.79 Å². The summed E-state index contributed by atoms with van der Waals surface area (Å²) in [5.41, 5.74) is 3.75. The van der Waals surface area contributed by atoms with E-state index in [1.165, 1.54) is 0 Å². The maximum Gasteiger partial charge on any atom is 0.255 e. The topological polar surface area (TPSA) is 64.1 Å². The van der Waals surface area contributed by atoms with Gasteiger partial charge in [-0.1, -0.05) is 6.07 Å². The molecule has 1 aromatic heterocycles. The summed E-state index contributed by atoms with van der Waals surface area (Å²) in [5, 5.41) is 2.94. The van der Waals surface area contributed by atoms with Gasteiger partial charge in [0, 0.05) is 5.56 Å². The van der Waals surface area contributed by atoms with Crippen LogP contribution in [0.15, 0.2) is 36.4 Å². The monoisotopic (exact) mass is 327 g/mol. The van der Waals surface area contributed by atoms with Gasteiger partial charge in [0.15, 0.2) is 0 Å². The van der Waals surface area contributed by atoms with E-state index in [0.717, 1.165) is 34.1 Å². The molecule has 23 heavy (non-hydrogen) atoms. The number of nitrogens with one attached hydrogen (secondary N) is 1. The SMILES string of the molecule is Cc1ccc2nsnc2c1NC(=O)c1ccc(OC(C)C)cc1. The van der Waals surface area contributed by atoms with Crippen molar-refractivity contribution >= 4 is 34.4 Å². The molecular weight excluding hydrogens is 310 g/mol. The highest BCUT2D eigenvalue weighted by atomic mass is 32.1. The third kappa shape index (κ3) is 3.32. The standard InChI is InChI=1S/C17H17N3O2S/c1-10(2)22-13-7-5-12(6-8-13)17(21)18-15-11(3)4-9-14-16(15)20-23-19-14/h4-10H,1-3H3,(H,18,21). The van der Waals surface area contributed by atoms with E-state index in [1.54, 1.807) is 24.3 Å². The average molecular weight is 327 g/mol. The largest absolute Gasteiger partial charge is 0.491 e. The molecule has 0 bridgehead atoms. The second-order valence-corrected chi connectivity index (χ2v) is 6.06. The predicted molar refractivity (Wildman–Crippen MR) is 92.3 cm³/mol. The Morgan fingerprint density at radius 3 is 2.57 bits per heavy atom. The lowest BCUT2D eigenvalue weighted by molar-refractivity contribution is 0.102. The fraction of sp³-hybridized carbons (Fsp3) is 0.235. The fourth-order valence-corrected chi connectivity index (χ4v) is 2.80. The number of carbonyl (C=O) groups excluding carboxylic acids is 1. The number of aryl methyl sites for hydroxylation is 1. The van der Waals surface area contributed by atoms with Crippen LogP contribution in [0.3, 0.4) is 0 Å². The Morgan fingerprint density at radius 2 is 1.87 bits per heavy atom. The number of aromatic nitrogens is 2. The van der Waals surface area contributed by atoms with Crippen LogP contribution in [0, 0.1) is 6.92 Å². The summed E-state index contributed by atoms with van der Waals surface area (Å²) in [7, 11) is 0. The average Bonchev–Trinajstić information content (AvgIpc) is 2.99. The Bertz CT molecular complexity index is 841. The van der Waals surface area contributed by atoms with Crippen molar-refractivity contribution in [3.05, 3.63) is 47.5 Å². The van der Waals surface area contributed by atoms with Crippen molar-refractivity contribution in [1.29, 1.82) is 0 Å². The normalized spacial score (nSPS) is 11.0. The van der Waals surface area contributed by atoms with E-state index >= 15 is 0 Å². The first-order valence-corrected chi connectivity index (χ1v) is 8.07. The van der Waals surface area contributed by atoms with Crippen LogP contribution in [0.25, 0.3) is 11.0 Å². The van der Waals surface area contributed by atoms with E-state index in [-0.39, 0.29) is 12.0 Å². The first-order chi connectivity index (χ1) is 11.0. The van der Waals surface area contributed by atoms with E-state index in [0.29, 0.717) is 11.3 Å². The molecule has 0 radical (unpaired) electrons. The zero-order chi connectivity index (χ0) is 16.4.